The molecule has 3 nitrogen and oxygen atoms in total. The summed E-state index contributed by atoms with van der Waals surface area (Å²) < 4.78 is 0. The Morgan fingerprint density at radius 2 is 1.76 bits per heavy atom. The summed E-state index contributed by atoms with van der Waals surface area (Å²) in [6.07, 6.45) is 1.37. The SMILES string of the molecule is CC(=O)c1sc(C2=CC(=O)c3ccccc3C2=O)cc1C. The van der Waals surface area contributed by atoms with Gasteiger partial charge < -0.3 is 0 Å². The lowest BCUT2D eigenvalue weighted by Gasteiger charge is -2.13. The van der Waals surface area contributed by atoms with Crippen molar-refractivity contribution >= 4 is 34.3 Å². The molecular weight excluding hydrogens is 284 g/mol. The number of ketones is 3. The Hall–Kier alpha value is -2.33. The molecule has 0 spiro atoms. The molecule has 0 radical (unpaired) electrons. The number of thiophene rings is 1. The van der Waals surface area contributed by atoms with Crippen molar-refractivity contribution in [3.8, 4) is 0 Å². The molecule has 0 saturated heterocycles. The van der Waals surface area contributed by atoms with E-state index >= 15 is 0 Å². The van der Waals surface area contributed by atoms with Crippen LogP contribution in [0, 0.1) is 6.92 Å². The first-order valence-corrected chi connectivity index (χ1v) is 7.32. The molecule has 0 amide bonds. The van der Waals surface area contributed by atoms with Crippen molar-refractivity contribution in [2.45, 2.75) is 13.8 Å². The highest BCUT2D eigenvalue weighted by Crippen LogP contribution is 2.33. The summed E-state index contributed by atoms with van der Waals surface area (Å²) in [5.74, 6) is -0.364. The average Bonchev–Trinajstić information content (AvgIpc) is 2.85. The summed E-state index contributed by atoms with van der Waals surface area (Å²) in [6.45, 7) is 3.33. The molecule has 3 rings (SSSR count). The molecular formula is C17H12O3S. The minimum Gasteiger partial charge on any atom is -0.294 e. The number of hydrogen-bond acceptors (Lipinski definition) is 4. The van der Waals surface area contributed by atoms with Crippen LogP contribution in [0.4, 0.5) is 0 Å². The summed E-state index contributed by atoms with van der Waals surface area (Å²) in [5.41, 5.74) is 2.07. The zero-order valence-electron chi connectivity index (χ0n) is 11.6. The minimum absolute atomic E-state index is 0.0284. The van der Waals surface area contributed by atoms with E-state index in [4.69, 9.17) is 0 Å². The van der Waals surface area contributed by atoms with Crippen molar-refractivity contribution in [1.29, 1.82) is 0 Å². The van der Waals surface area contributed by atoms with Crippen molar-refractivity contribution in [2.75, 3.05) is 0 Å². The molecule has 21 heavy (non-hydrogen) atoms. The minimum atomic E-state index is -0.171. The maximum Gasteiger partial charge on any atom is 0.195 e. The Labute approximate surface area is 125 Å². The lowest BCUT2D eigenvalue weighted by Crippen LogP contribution is -2.15. The molecule has 2 aromatic rings. The van der Waals surface area contributed by atoms with Gasteiger partial charge in [0.1, 0.15) is 0 Å². The first-order chi connectivity index (χ1) is 9.99. The highest BCUT2D eigenvalue weighted by molar-refractivity contribution is 7.15. The first kappa shape index (κ1) is 13.6. The summed E-state index contributed by atoms with van der Waals surface area (Å²) in [6, 6.07) is 8.60. The average molecular weight is 296 g/mol. The van der Waals surface area contributed by atoms with Crippen molar-refractivity contribution in [3.05, 3.63) is 62.9 Å². The predicted molar refractivity (Wildman–Crippen MR) is 82.1 cm³/mol. The van der Waals surface area contributed by atoms with E-state index in [-0.39, 0.29) is 17.3 Å². The van der Waals surface area contributed by atoms with Gasteiger partial charge in [0.2, 0.25) is 0 Å². The fourth-order valence-corrected chi connectivity index (χ4v) is 3.54. The Kier molecular flexibility index (Phi) is 3.18. The molecule has 0 aliphatic heterocycles. The van der Waals surface area contributed by atoms with Crippen LogP contribution in [-0.4, -0.2) is 17.3 Å². The molecule has 0 bridgehead atoms. The van der Waals surface area contributed by atoms with E-state index in [1.165, 1.54) is 24.3 Å². The smallest absolute Gasteiger partial charge is 0.195 e. The van der Waals surface area contributed by atoms with Crippen LogP contribution in [0.3, 0.4) is 0 Å². The largest absolute Gasteiger partial charge is 0.294 e. The number of Topliss-reactive ketones (excluding diaryl/α,β-unsaturated/α-hetero) is 2. The summed E-state index contributed by atoms with van der Waals surface area (Å²) in [4.78, 5) is 37.6. The van der Waals surface area contributed by atoms with Gasteiger partial charge in [-0.3, -0.25) is 14.4 Å². The van der Waals surface area contributed by atoms with Crippen molar-refractivity contribution in [2.24, 2.45) is 0 Å². The maximum absolute atomic E-state index is 12.6. The number of carbonyl (C=O) groups is 3. The van der Waals surface area contributed by atoms with Crippen LogP contribution >= 0.6 is 11.3 Å². The van der Waals surface area contributed by atoms with Crippen LogP contribution in [0.25, 0.3) is 5.57 Å². The van der Waals surface area contributed by atoms with Gasteiger partial charge in [-0.25, -0.2) is 0 Å². The van der Waals surface area contributed by atoms with Crippen molar-refractivity contribution in [3.63, 3.8) is 0 Å². The van der Waals surface area contributed by atoms with Gasteiger partial charge >= 0.3 is 0 Å². The molecule has 0 unspecified atom stereocenters. The molecule has 1 aliphatic carbocycles. The summed E-state index contributed by atoms with van der Waals surface area (Å²) in [7, 11) is 0. The van der Waals surface area contributed by atoms with Crippen molar-refractivity contribution in [1.82, 2.24) is 0 Å². The Morgan fingerprint density at radius 1 is 1.10 bits per heavy atom. The highest BCUT2D eigenvalue weighted by Gasteiger charge is 2.27. The molecule has 1 aliphatic rings. The normalized spacial score (nSPS) is 13.9. The number of rotatable bonds is 2. The topological polar surface area (TPSA) is 51.2 Å². The fraction of sp³-hybridized carbons (Fsp3) is 0.118. The highest BCUT2D eigenvalue weighted by atomic mass is 32.1. The zero-order chi connectivity index (χ0) is 15.1. The van der Waals surface area contributed by atoms with Crippen LogP contribution in [0.1, 0.15) is 47.8 Å². The number of benzene rings is 1. The first-order valence-electron chi connectivity index (χ1n) is 6.50. The molecule has 104 valence electrons. The molecule has 0 fully saturated rings. The Balaban J connectivity index is 2.13. The lowest BCUT2D eigenvalue weighted by atomic mass is 9.89. The number of allylic oxidation sites excluding steroid dienone is 2. The zero-order valence-corrected chi connectivity index (χ0v) is 12.4. The van der Waals surface area contributed by atoms with Crippen LogP contribution in [0.15, 0.2) is 36.4 Å². The predicted octanol–water partition coefficient (Wildman–Crippen LogP) is 3.72. The molecule has 1 heterocycles. The van der Waals surface area contributed by atoms with E-state index in [1.54, 1.807) is 30.3 Å². The second-order valence-corrected chi connectivity index (χ2v) is 6.03. The number of hydrogen-bond donors (Lipinski definition) is 0. The van der Waals surface area contributed by atoms with E-state index < -0.39 is 0 Å². The fourth-order valence-electron chi connectivity index (χ4n) is 2.46. The van der Waals surface area contributed by atoms with Crippen LogP contribution in [-0.2, 0) is 0 Å². The van der Waals surface area contributed by atoms with Crippen LogP contribution < -0.4 is 0 Å². The monoisotopic (exact) mass is 296 g/mol. The van der Waals surface area contributed by atoms with Crippen molar-refractivity contribution < 1.29 is 14.4 Å². The van der Waals surface area contributed by atoms with Gasteiger partial charge in [-0.1, -0.05) is 24.3 Å². The van der Waals surface area contributed by atoms with Gasteiger partial charge in [0, 0.05) is 21.6 Å². The maximum atomic E-state index is 12.6. The Morgan fingerprint density at radius 3 is 2.38 bits per heavy atom. The molecule has 0 N–H and O–H groups in total. The standard InChI is InChI=1S/C17H12O3S/c1-9-7-15(21-17(9)10(2)18)13-8-14(19)11-5-3-4-6-12(11)16(13)20/h3-8H,1-2H3. The quantitative estimate of drug-likeness (QED) is 0.794. The second-order valence-electron chi connectivity index (χ2n) is 4.98. The summed E-state index contributed by atoms with van der Waals surface area (Å²) >= 11 is 1.26. The summed E-state index contributed by atoms with van der Waals surface area (Å²) in [5, 5.41) is 0. The molecule has 0 saturated carbocycles. The van der Waals surface area contributed by atoms with Gasteiger partial charge in [0.15, 0.2) is 17.3 Å². The van der Waals surface area contributed by atoms with E-state index in [9.17, 15) is 14.4 Å². The van der Waals surface area contributed by atoms with E-state index in [1.807, 2.05) is 6.92 Å². The molecule has 0 atom stereocenters. The van der Waals surface area contributed by atoms with Crippen LogP contribution in [0.2, 0.25) is 0 Å². The van der Waals surface area contributed by atoms with Crippen LogP contribution in [0.5, 0.6) is 0 Å². The van der Waals surface area contributed by atoms with Gasteiger partial charge in [0.25, 0.3) is 0 Å². The molecule has 1 aromatic carbocycles. The second kappa shape index (κ2) is 4.90. The van der Waals surface area contributed by atoms with Gasteiger partial charge in [-0.05, 0) is 31.6 Å². The molecule has 4 heteroatoms. The van der Waals surface area contributed by atoms with E-state index in [0.717, 1.165) is 5.56 Å². The van der Waals surface area contributed by atoms with Gasteiger partial charge in [-0.15, -0.1) is 11.3 Å². The third kappa shape index (κ3) is 2.17. The number of aryl methyl sites for hydroxylation is 1. The lowest BCUT2D eigenvalue weighted by molar-refractivity contribution is 0.100. The number of carbonyl (C=O) groups excluding carboxylic acids is 3. The van der Waals surface area contributed by atoms with E-state index in [2.05, 4.69) is 0 Å². The Bertz CT molecular complexity index is 824. The molecule has 1 aromatic heterocycles. The van der Waals surface area contributed by atoms with E-state index in [0.29, 0.717) is 26.5 Å². The third-order valence-corrected chi connectivity index (χ3v) is 4.83. The van der Waals surface area contributed by atoms with Gasteiger partial charge in [-0.2, -0.15) is 0 Å². The number of fused-ring (bicyclic) bond motifs is 1. The third-order valence-electron chi connectivity index (χ3n) is 3.46. The van der Waals surface area contributed by atoms with Gasteiger partial charge in [0.05, 0.1) is 4.88 Å².